The lowest BCUT2D eigenvalue weighted by atomic mass is 9.99. The first-order chi connectivity index (χ1) is 25.8. The quantitative estimate of drug-likeness (QED) is 0.0275. The minimum atomic E-state index is -1.56. The van der Waals surface area contributed by atoms with Gasteiger partial charge in [0.15, 0.2) is 6.29 Å². The monoisotopic (exact) mass is 754 g/mol. The van der Waals surface area contributed by atoms with Gasteiger partial charge in [-0.05, 0) is 44.9 Å². The molecule has 1 aliphatic rings. The molecule has 9 heteroatoms. The first-order valence-electron chi connectivity index (χ1n) is 22.1. The predicted octanol–water partition coefficient (Wildman–Crippen LogP) is 8.72. The fourth-order valence-corrected chi connectivity index (χ4v) is 6.91. The lowest BCUT2D eigenvalue weighted by molar-refractivity contribution is -0.302. The Bertz CT molecular complexity index is 883. The van der Waals surface area contributed by atoms with Gasteiger partial charge in [-0.3, -0.25) is 4.79 Å². The van der Waals surface area contributed by atoms with E-state index in [9.17, 15) is 30.3 Å². The number of aliphatic hydroxyl groups excluding tert-OH is 5. The standard InChI is InChI=1S/C44H83NO8/c1-3-5-7-9-11-13-15-17-18-19-20-21-22-24-26-28-30-32-34-40(48)45-37(36-52-44-43(51)42(50)41(49)39(35-46)53-44)38(47)33-31-29-27-25-23-16-14-12-10-8-6-4-2/h18-19,31,33,37-39,41-44,46-47,49-51H,3-17,20-30,32,34-36H2,1-2H3,(H,45,48)/b19-18-,33-31+. The lowest BCUT2D eigenvalue weighted by Gasteiger charge is -2.40. The maximum atomic E-state index is 12.9. The summed E-state index contributed by atoms with van der Waals surface area (Å²) in [5.41, 5.74) is 0. The summed E-state index contributed by atoms with van der Waals surface area (Å²) in [7, 11) is 0. The number of carbonyl (C=O) groups is 1. The summed E-state index contributed by atoms with van der Waals surface area (Å²) >= 11 is 0. The molecule has 312 valence electrons. The lowest BCUT2D eigenvalue weighted by Crippen LogP contribution is -2.60. The van der Waals surface area contributed by atoms with Crippen LogP contribution < -0.4 is 5.32 Å². The fraction of sp³-hybridized carbons (Fsp3) is 0.886. The van der Waals surface area contributed by atoms with Crippen molar-refractivity contribution in [2.45, 2.75) is 236 Å². The smallest absolute Gasteiger partial charge is 0.220 e. The molecule has 0 spiro atoms. The fourth-order valence-electron chi connectivity index (χ4n) is 6.91. The predicted molar refractivity (Wildman–Crippen MR) is 217 cm³/mol. The average molecular weight is 754 g/mol. The van der Waals surface area contributed by atoms with Crippen molar-refractivity contribution < 1.29 is 39.8 Å². The van der Waals surface area contributed by atoms with E-state index in [0.29, 0.717) is 6.42 Å². The van der Waals surface area contributed by atoms with Gasteiger partial charge in [-0.15, -0.1) is 0 Å². The van der Waals surface area contributed by atoms with Gasteiger partial charge in [-0.1, -0.05) is 167 Å². The van der Waals surface area contributed by atoms with Gasteiger partial charge in [0.2, 0.25) is 5.91 Å². The summed E-state index contributed by atoms with van der Waals surface area (Å²) < 4.78 is 11.2. The first-order valence-corrected chi connectivity index (χ1v) is 22.1. The molecule has 1 saturated heterocycles. The second kappa shape index (κ2) is 35.1. The molecule has 1 rings (SSSR count). The molecule has 0 aromatic carbocycles. The number of aliphatic hydroxyl groups is 5. The summed E-state index contributed by atoms with van der Waals surface area (Å²) in [4.78, 5) is 12.9. The molecule has 9 nitrogen and oxygen atoms in total. The van der Waals surface area contributed by atoms with E-state index in [1.807, 2.05) is 6.08 Å². The Morgan fingerprint density at radius 3 is 1.53 bits per heavy atom. The van der Waals surface area contributed by atoms with Crippen molar-refractivity contribution in [3.05, 3.63) is 24.3 Å². The molecule has 1 amide bonds. The average Bonchev–Trinajstić information content (AvgIpc) is 3.16. The SMILES string of the molecule is CCCCCCCCC/C=C\CCCCCCCCCC(=O)NC(COC1OC(CO)C(O)C(O)C1O)C(O)/C=C/CCCCCCCCCCCC. The van der Waals surface area contributed by atoms with Crippen molar-refractivity contribution in [1.29, 1.82) is 0 Å². The van der Waals surface area contributed by atoms with Crippen molar-refractivity contribution in [3.63, 3.8) is 0 Å². The molecule has 7 unspecified atom stereocenters. The van der Waals surface area contributed by atoms with Crippen LogP contribution in [0.1, 0.15) is 194 Å². The zero-order valence-electron chi connectivity index (χ0n) is 34.0. The van der Waals surface area contributed by atoms with E-state index >= 15 is 0 Å². The van der Waals surface area contributed by atoms with Gasteiger partial charge >= 0.3 is 0 Å². The van der Waals surface area contributed by atoms with Gasteiger partial charge in [-0.2, -0.15) is 0 Å². The van der Waals surface area contributed by atoms with Crippen molar-refractivity contribution in [1.82, 2.24) is 5.32 Å². The third-order valence-corrected chi connectivity index (χ3v) is 10.5. The van der Waals surface area contributed by atoms with E-state index in [1.54, 1.807) is 6.08 Å². The summed E-state index contributed by atoms with van der Waals surface area (Å²) in [6, 6.07) is -0.802. The molecule has 53 heavy (non-hydrogen) atoms. The van der Waals surface area contributed by atoms with Crippen LogP contribution in [0.2, 0.25) is 0 Å². The van der Waals surface area contributed by atoms with Gasteiger partial charge in [-0.25, -0.2) is 0 Å². The Hall–Kier alpha value is -1.33. The van der Waals surface area contributed by atoms with Crippen molar-refractivity contribution in [2.24, 2.45) is 0 Å². The summed E-state index contributed by atoms with van der Waals surface area (Å²) in [5.74, 6) is -0.183. The van der Waals surface area contributed by atoms with E-state index < -0.39 is 49.5 Å². The zero-order valence-corrected chi connectivity index (χ0v) is 34.0. The number of allylic oxidation sites excluding steroid dienone is 3. The van der Waals surface area contributed by atoms with E-state index in [4.69, 9.17) is 9.47 Å². The number of ether oxygens (including phenoxy) is 2. The molecular weight excluding hydrogens is 670 g/mol. The van der Waals surface area contributed by atoms with Gasteiger partial charge < -0.3 is 40.3 Å². The van der Waals surface area contributed by atoms with E-state index in [0.717, 1.165) is 44.9 Å². The molecule has 0 bridgehead atoms. The van der Waals surface area contributed by atoms with Crippen LogP contribution in [0, 0.1) is 0 Å². The van der Waals surface area contributed by atoms with Gasteiger partial charge in [0.25, 0.3) is 0 Å². The van der Waals surface area contributed by atoms with Crippen LogP contribution in [0.25, 0.3) is 0 Å². The number of amides is 1. The molecule has 0 radical (unpaired) electrons. The Kier molecular flexibility index (Phi) is 32.9. The van der Waals surface area contributed by atoms with Gasteiger partial charge in [0.1, 0.15) is 24.4 Å². The molecule has 0 saturated carbocycles. The minimum Gasteiger partial charge on any atom is -0.394 e. The molecule has 1 heterocycles. The highest BCUT2D eigenvalue weighted by atomic mass is 16.7. The van der Waals surface area contributed by atoms with E-state index in [2.05, 4.69) is 31.3 Å². The second-order valence-corrected chi connectivity index (χ2v) is 15.5. The number of carbonyl (C=O) groups excluding carboxylic acids is 1. The zero-order chi connectivity index (χ0) is 38.8. The Morgan fingerprint density at radius 1 is 0.623 bits per heavy atom. The maximum absolute atomic E-state index is 12.9. The topological polar surface area (TPSA) is 149 Å². The normalized spacial score (nSPS) is 21.8. The molecule has 1 aliphatic heterocycles. The van der Waals surface area contributed by atoms with E-state index in [-0.39, 0.29) is 12.5 Å². The summed E-state index contributed by atoms with van der Waals surface area (Å²) in [5, 5.41) is 54.1. The number of hydrogen-bond acceptors (Lipinski definition) is 8. The molecule has 6 N–H and O–H groups in total. The van der Waals surface area contributed by atoms with Crippen molar-refractivity contribution >= 4 is 5.91 Å². The van der Waals surface area contributed by atoms with Crippen molar-refractivity contribution in [2.75, 3.05) is 13.2 Å². The molecule has 1 fully saturated rings. The number of unbranched alkanes of at least 4 members (excludes halogenated alkanes) is 24. The molecule has 0 aliphatic carbocycles. The van der Waals surface area contributed by atoms with Crippen molar-refractivity contribution in [3.8, 4) is 0 Å². The third-order valence-electron chi connectivity index (χ3n) is 10.5. The third kappa shape index (κ3) is 26.2. The number of rotatable bonds is 36. The maximum Gasteiger partial charge on any atom is 0.220 e. The van der Waals surface area contributed by atoms with Crippen LogP contribution in [-0.2, 0) is 14.3 Å². The Balaban J connectivity index is 2.36. The minimum absolute atomic E-state index is 0.183. The Morgan fingerprint density at radius 2 is 1.06 bits per heavy atom. The van der Waals surface area contributed by atoms with Crippen LogP contribution in [0.15, 0.2) is 24.3 Å². The molecule has 0 aromatic rings. The van der Waals surface area contributed by atoms with Crippen LogP contribution in [0.4, 0.5) is 0 Å². The molecule has 0 aromatic heterocycles. The van der Waals surface area contributed by atoms with Crippen LogP contribution >= 0.6 is 0 Å². The van der Waals surface area contributed by atoms with E-state index in [1.165, 1.54) is 128 Å². The second-order valence-electron chi connectivity index (χ2n) is 15.5. The number of nitrogens with one attached hydrogen (secondary N) is 1. The highest BCUT2D eigenvalue weighted by molar-refractivity contribution is 5.76. The van der Waals surface area contributed by atoms with Crippen LogP contribution in [0.5, 0.6) is 0 Å². The van der Waals surface area contributed by atoms with Gasteiger partial charge in [0, 0.05) is 6.42 Å². The van der Waals surface area contributed by atoms with Gasteiger partial charge in [0.05, 0.1) is 25.4 Å². The Labute approximate surface area is 324 Å². The highest BCUT2D eigenvalue weighted by Crippen LogP contribution is 2.22. The summed E-state index contributed by atoms with van der Waals surface area (Å²) in [6.45, 7) is 3.75. The number of hydrogen-bond donors (Lipinski definition) is 6. The summed E-state index contributed by atoms with van der Waals surface area (Å²) in [6.07, 6.45) is 33.6. The van der Waals surface area contributed by atoms with Crippen LogP contribution in [0.3, 0.4) is 0 Å². The molecule has 7 atom stereocenters. The van der Waals surface area contributed by atoms with Crippen LogP contribution in [-0.4, -0.2) is 87.5 Å². The molecular formula is C44H83NO8. The first kappa shape index (κ1) is 49.7. The largest absolute Gasteiger partial charge is 0.394 e. The highest BCUT2D eigenvalue weighted by Gasteiger charge is 2.44.